The van der Waals surface area contributed by atoms with Gasteiger partial charge in [-0.1, -0.05) is 31.0 Å². The zero-order valence-electron chi connectivity index (χ0n) is 20.6. The molecule has 36 heavy (non-hydrogen) atoms. The fourth-order valence-corrected chi connectivity index (χ4v) is 5.03. The van der Waals surface area contributed by atoms with Gasteiger partial charge < -0.3 is 20.4 Å². The SMILES string of the molecule is CC(=O)Nc1ccc(-c2ccnc(Nc3cccc(N4CCN(C(=O)C5CCCC5)CC4)c3)n2)cc1. The molecule has 1 saturated carbocycles. The molecule has 0 spiro atoms. The number of aromatic nitrogens is 2. The lowest BCUT2D eigenvalue weighted by molar-refractivity contribution is -0.135. The standard InChI is InChI=1S/C28H32N6O2/c1-20(35)30-23-11-9-21(10-12-23)26-13-14-29-28(32-26)31-24-7-4-8-25(19-24)33-15-17-34(18-16-33)27(36)22-5-2-3-6-22/h4,7-14,19,22H,2-3,5-6,15-18H2,1H3,(H,30,35)(H,29,31,32). The Morgan fingerprint density at radius 1 is 0.917 bits per heavy atom. The van der Waals surface area contributed by atoms with E-state index >= 15 is 0 Å². The average Bonchev–Trinajstić information content (AvgIpc) is 3.44. The topological polar surface area (TPSA) is 90.5 Å². The van der Waals surface area contributed by atoms with Gasteiger partial charge in [0.2, 0.25) is 17.8 Å². The summed E-state index contributed by atoms with van der Waals surface area (Å²) >= 11 is 0. The van der Waals surface area contributed by atoms with Crippen LogP contribution in [0, 0.1) is 5.92 Å². The zero-order valence-corrected chi connectivity index (χ0v) is 20.6. The molecule has 3 aromatic rings. The second-order valence-corrected chi connectivity index (χ2v) is 9.49. The second kappa shape index (κ2) is 10.8. The molecule has 1 saturated heterocycles. The Balaban J connectivity index is 1.22. The number of rotatable bonds is 6. The third-order valence-electron chi connectivity index (χ3n) is 6.92. The van der Waals surface area contributed by atoms with Crippen LogP contribution >= 0.6 is 0 Å². The molecule has 0 atom stereocenters. The molecule has 1 aliphatic carbocycles. The number of nitrogens with one attached hydrogen (secondary N) is 2. The molecule has 0 radical (unpaired) electrons. The summed E-state index contributed by atoms with van der Waals surface area (Å²) in [5.74, 6) is 1.01. The Hall–Kier alpha value is -3.94. The van der Waals surface area contributed by atoms with Gasteiger partial charge in [0.15, 0.2) is 0 Å². The predicted molar refractivity (Wildman–Crippen MR) is 142 cm³/mol. The molecule has 2 N–H and O–H groups in total. The first-order valence-corrected chi connectivity index (χ1v) is 12.7. The molecule has 0 bridgehead atoms. The Labute approximate surface area is 211 Å². The van der Waals surface area contributed by atoms with Gasteiger partial charge in [-0.3, -0.25) is 9.59 Å². The highest BCUT2D eigenvalue weighted by atomic mass is 16.2. The normalized spacial score (nSPS) is 16.1. The van der Waals surface area contributed by atoms with Gasteiger partial charge in [-0.2, -0.15) is 0 Å². The van der Waals surface area contributed by atoms with Crippen molar-refractivity contribution in [1.29, 1.82) is 0 Å². The fraction of sp³-hybridized carbons (Fsp3) is 0.357. The number of hydrogen-bond acceptors (Lipinski definition) is 6. The van der Waals surface area contributed by atoms with Gasteiger partial charge in [0.05, 0.1) is 5.69 Å². The Kier molecular flexibility index (Phi) is 7.11. The van der Waals surface area contributed by atoms with Crippen molar-refractivity contribution < 1.29 is 9.59 Å². The smallest absolute Gasteiger partial charge is 0.227 e. The Morgan fingerprint density at radius 3 is 2.39 bits per heavy atom. The van der Waals surface area contributed by atoms with E-state index in [1.807, 2.05) is 42.5 Å². The summed E-state index contributed by atoms with van der Waals surface area (Å²) in [4.78, 5) is 37.4. The van der Waals surface area contributed by atoms with Gasteiger partial charge in [-0.15, -0.1) is 0 Å². The maximum absolute atomic E-state index is 12.8. The lowest BCUT2D eigenvalue weighted by Gasteiger charge is -2.37. The van der Waals surface area contributed by atoms with Crippen LogP contribution in [0.3, 0.4) is 0 Å². The lowest BCUT2D eigenvalue weighted by Crippen LogP contribution is -2.50. The van der Waals surface area contributed by atoms with Crippen molar-refractivity contribution in [3.8, 4) is 11.3 Å². The number of anilines is 4. The maximum atomic E-state index is 12.8. The van der Waals surface area contributed by atoms with Crippen molar-refractivity contribution in [2.24, 2.45) is 5.92 Å². The number of carbonyl (C=O) groups is 2. The van der Waals surface area contributed by atoms with E-state index in [0.29, 0.717) is 11.9 Å². The van der Waals surface area contributed by atoms with E-state index in [-0.39, 0.29) is 11.8 Å². The molecule has 2 aromatic carbocycles. The van der Waals surface area contributed by atoms with E-state index < -0.39 is 0 Å². The lowest BCUT2D eigenvalue weighted by atomic mass is 10.1. The van der Waals surface area contributed by atoms with Crippen molar-refractivity contribution in [2.75, 3.05) is 41.7 Å². The van der Waals surface area contributed by atoms with E-state index in [4.69, 9.17) is 0 Å². The summed E-state index contributed by atoms with van der Waals surface area (Å²) in [7, 11) is 0. The molecule has 8 nitrogen and oxygen atoms in total. The van der Waals surface area contributed by atoms with Crippen molar-refractivity contribution in [3.63, 3.8) is 0 Å². The number of nitrogens with zero attached hydrogens (tertiary/aromatic N) is 4. The molecule has 2 heterocycles. The first kappa shape index (κ1) is 23.8. The molecule has 2 aliphatic rings. The molecular weight excluding hydrogens is 452 g/mol. The minimum atomic E-state index is -0.0991. The van der Waals surface area contributed by atoms with Crippen molar-refractivity contribution in [1.82, 2.24) is 14.9 Å². The first-order valence-electron chi connectivity index (χ1n) is 12.7. The third-order valence-corrected chi connectivity index (χ3v) is 6.92. The quantitative estimate of drug-likeness (QED) is 0.528. The molecule has 0 unspecified atom stereocenters. The van der Waals surface area contributed by atoms with Crippen molar-refractivity contribution >= 4 is 34.8 Å². The zero-order chi connectivity index (χ0) is 24.9. The minimum Gasteiger partial charge on any atom is -0.368 e. The molecule has 2 amide bonds. The number of carbonyl (C=O) groups excluding carboxylic acids is 2. The van der Waals surface area contributed by atoms with Gasteiger partial charge in [0.25, 0.3) is 0 Å². The van der Waals surface area contributed by atoms with Gasteiger partial charge in [-0.25, -0.2) is 9.97 Å². The highest BCUT2D eigenvalue weighted by Gasteiger charge is 2.29. The second-order valence-electron chi connectivity index (χ2n) is 9.49. The van der Waals surface area contributed by atoms with E-state index in [2.05, 4.69) is 42.5 Å². The molecule has 1 aromatic heterocycles. The fourth-order valence-electron chi connectivity index (χ4n) is 5.03. The van der Waals surface area contributed by atoms with Crippen LogP contribution < -0.4 is 15.5 Å². The van der Waals surface area contributed by atoms with Crippen LogP contribution in [0.2, 0.25) is 0 Å². The number of piperazine rings is 1. The molecule has 5 rings (SSSR count). The van der Waals surface area contributed by atoms with Crippen LogP contribution in [0.5, 0.6) is 0 Å². The summed E-state index contributed by atoms with van der Waals surface area (Å²) in [6.45, 7) is 4.71. The Morgan fingerprint density at radius 2 is 1.67 bits per heavy atom. The van der Waals surface area contributed by atoms with Crippen molar-refractivity contribution in [2.45, 2.75) is 32.6 Å². The Bertz CT molecular complexity index is 1210. The highest BCUT2D eigenvalue weighted by Crippen LogP contribution is 2.28. The monoisotopic (exact) mass is 484 g/mol. The van der Waals surface area contributed by atoms with E-state index in [9.17, 15) is 9.59 Å². The molecule has 186 valence electrons. The van der Waals surface area contributed by atoms with Gasteiger partial charge in [0, 0.05) is 67.8 Å². The highest BCUT2D eigenvalue weighted by molar-refractivity contribution is 5.89. The van der Waals surface area contributed by atoms with Crippen LogP contribution in [0.4, 0.5) is 23.0 Å². The minimum absolute atomic E-state index is 0.0991. The van der Waals surface area contributed by atoms with Gasteiger partial charge in [-0.05, 0) is 49.2 Å². The summed E-state index contributed by atoms with van der Waals surface area (Å²) in [5, 5.41) is 6.10. The van der Waals surface area contributed by atoms with Crippen LogP contribution in [0.15, 0.2) is 60.8 Å². The van der Waals surface area contributed by atoms with Crippen LogP contribution in [-0.2, 0) is 9.59 Å². The molecule has 2 fully saturated rings. The van der Waals surface area contributed by atoms with Crippen molar-refractivity contribution in [3.05, 3.63) is 60.8 Å². The van der Waals surface area contributed by atoms with Gasteiger partial charge >= 0.3 is 0 Å². The average molecular weight is 485 g/mol. The molecular formula is C28H32N6O2. The first-order chi connectivity index (χ1) is 17.5. The maximum Gasteiger partial charge on any atom is 0.227 e. The predicted octanol–water partition coefficient (Wildman–Crippen LogP) is 4.68. The molecule has 8 heteroatoms. The van der Waals surface area contributed by atoms with Crippen LogP contribution in [-0.4, -0.2) is 52.9 Å². The number of amides is 2. The third kappa shape index (κ3) is 5.64. The van der Waals surface area contributed by atoms with E-state index in [1.54, 1.807) is 6.20 Å². The summed E-state index contributed by atoms with van der Waals surface area (Å²) in [6, 6.07) is 17.7. The van der Waals surface area contributed by atoms with Gasteiger partial charge in [0.1, 0.15) is 0 Å². The summed E-state index contributed by atoms with van der Waals surface area (Å²) in [6.07, 6.45) is 6.22. The summed E-state index contributed by atoms with van der Waals surface area (Å²) in [5.41, 5.74) is 4.52. The number of benzene rings is 2. The largest absolute Gasteiger partial charge is 0.368 e. The van der Waals surface area contributed by atoms with E-state index in [1.165, 1.54) is 19.8 Å². The summed E-state index contributed by atoms with van der Waals surface area (Å²) < 4.78 is 0. The number of hydrogen-bond donors (Lipinski definition) is 2. The molecule has 1 aliphatic heterocycles. The van der Waals surface area contributed by atoms with Crippen LogP contribution in [0.25, 0.3) is 11.3 Å². The van der Waals surface area contributed by atoms with E-state index in [0.717, 1.165) is 67.3 Å². The van der Waals surface area contributed by atoms with Crippen LogP contribution in [0.1, 0.15) is 32.6 Å².